The summed E-state index contributed by atoms with van der Waals surface area (Å²) in [4.78, 5) is 12.0. The van der Waals surface area contributed by atoms with Crippen molar-refractivity contribution < 1.29 is 13.2 Å². The Kier molecular flexibility index (Phi) is 5.55. The lowest BCUT2D eigenvalue weighted by Crippen LogP contribution is -2.14. The molecule has 4 aromatic rings. The molecule has 0 spiro atoms. The summed E-state index contributed by atoms with van der Waals surface area (Å²) in [5.74, 6) is 0.879. The van der Waals surface area contributed by atoms with Crippen LogP contribution in [0.1, 0.15) is 6.92 Å². The summed E-state index contributed by atoms with van der Waals surface area (Å²) in [6.45, 7) is 2.39. The number of hydrogen-bond donors (Lipinski definition) is 1. The van der Waals surface area contributed by atoms with Gasteiger partial charge in [0, 0.05) is 11.6 Å². The number of nitrogens with one attached hydrogen (secondary N) is 1. The summed E-state index contributed by atoms with van der Waals surface area (Å²) >= 11 is 7.10. The van der Waals surface area contributed by atoms with Crippen molar-refractivity contribution in [2.45, 2.75) is 18.4 Å². The third-order valence-electron chi connectivity index (χ3n) is 4.42. The minimum Gasteiger partial charge on any atom is -0.455 e. The summed E-state index contributed by atoms with van der Waals surface area (Å²) < 4.78 is 36.6. The molecule has 0 aliphatic heterocycles. The van der Waals surface area contributed by atoms with Crippen LogP contribution in [0.4, 0.5) is 5.69 Å². The second-order valence-electron chi connectivity index (χ2n) is 6.40. The van der Waals surface area contributed by atoms with Crippen LogP contribution in [0.2, 0.25) is 5.02 Å². The van der Waals surface area contributed by atoms with Crippen LogP contribution in [-0.4, -0.2) is 13.0 Å². The third kappa shape index (κ3) is 4.07. The number of para-hydroxylation sites is 1. The molecule has 0 fully saturated rings. The summed E-state index contributed by atoms with van der Waals surface area (Å²) in [6, 6.07) is 18.3. The zero-order valence-electron chi connectivity index (χ0n) is 15.8. The topological polar surface area (TPSA) is 77.4 Å². The van der Waals surface area contributed by atoms with Crippen LogP contribution >= 0.6 is 22.9 Å². The standard InChI is InChI=1S/C21H17ClN2O4S2/c1-2-24-18-10-9-16(13-20(18)29-21(24)25)30(26,27)23-17-12-14(22)8-11-19(17)28-15-6-4-3-5-7-15/h3-13,23H,2H2,1H3. The smallest absolute Gasteiger partial charge is 0.308 e. The molecule has 0 aliphatic rings. The molecule has 1 aromatic heterocycles. The Hall–Kier alpha value is -2.81. The third-order valence-corrected chi connectivity index (χ3v) is 6.96. The molecule has 0 unspecified atom stereocenters. The number of sulfonamides is 1. The van der Waals surface area contributed by atoms with Crippen molar-refractivity contribution >= 4 is 48.9 Å². The zero-order valence-corrected chi connectivity index (χ0v) is 18.2. The minimum absolute atomic E-state index is 0.0464. The monoisotopic (exact) mass is 460 g/mol. The molecule has 0 bridgehead atoms. The van der Waals surface area contributed by atoms with Gasteiger partial charge in [-0.25, -0.2) is 8.42 Å². The van der Waals surface area contributed by atoms with E-state index in [0.29, 0.717) is 33.3 Å². The first-order valence-electron chi connectivity index (χ1n) is 9.06. The number of fused-ring (bicyclic) bond motifs is 1. The molecule has 0 aliphatic carbocycles. The normalized spacial score (nSPS) is 11.5. The molecule has 0 radical (unpaired) electrons. The van der Waals surface area contributed by atoms with Gasteiger partial charge in [-0.15, -0.1) is 0 Å². The van der Waals surface area contributed by atoms with E-state index in [4.69, 9.17) is 16.3 Å². The molecule has 4 rings (SSSR count). The van der Waals surface area contributed by atoms with E-state index in [9.17, 15) is 13.2 Å². The van der Waals surface area contributed by atoms with Crippen molar-refractivity contribution in [2.24, 2.45) is 0 Å². The van der Waals surface area contributed by atoms with Crippen molar-refractivity contribution in [3.8, 4) is 11.5 Å². The number of aromatic nitrogens is 1. The lowest BCUT2D eigenvalue weighted by molar-refractivity contribution is 0.485. The number of anilines is 1. The molecule has 1 heterocycles. The van der Waals surface area contributed by atoms with Gasteiger partial charge in [-0.1, -0.05) is 41.1 Å². The van der Waals surface area contributed by atoms with Gasteiger partial charge in [0.05, 0.1) is 20.8 Å². The summed E-state index contributed by atoms with van der Waals surface area (Å²) in [5, 5.41) is 0.363. The van der Waals surface area contributed by atoms with E-state index in [1.807, 2.05) is 25.1 Å². The maximum absolute atomic E-state index is 13.0. The van der Waals surface area contributed by atoms with E-state index in [1.54, 1.807) is 34.9 Å². The van der Waals surface area contributed by atoms with Crippen molar-refractivity contribution in [3.05, 3.63) is 81.4 Å². The van der Waals surface area contributed by atoms with Crippen LogP contribution in [-0.2, 0) is 16.6 Å². The maximum atomic E-state index is 13.0. The average Bonchev–Trinajstić information content (AvgIpc) is 3.04. The molecule has 9 heteroatoms. The summed E-state index contributed by atoms with van der Waals surface area (Å²) in [7, 11) is -3.94. The predicted molar refractivity (Wildman–Crippen MR) is 121 cm³/mol. The van der Waals surface area contributed by atoms with Crippen LogP contribution < -0.4 is 14.3 Å². The Morgan fingerprint density at radius 3 is 2.57 bits per heavy atom. The highest BCUT2D eigenvalue weighted by Crippen LogP contribution is 2.34. The number of hydrogen-bond acceptors (Lipinski definition) is 5. The van der Waals surface area contributed by atoms with Gasteiger partial charge in [-0.3, -0.25) is 14.1 Å². The first-order valence-corrected chi connectivity index (χ1v) is 11.7. The Morgan fingerprint density at radius 2 is 1.83 bits per heavy atom. The van der Waals surface area contributed by atoms with Crippen molar-refractivity contribution in [1.82, 2.24) is 4.57 Å². The SMILES string of the molecule is CCn1c(=O)sc2cc(S(=O)(=O)Nc3cc(Cl)ccc3Oc3ccccc3)ccc21. The van der Waals surface area contributed by atoms with Gasteiger partial charge >= 0.3 is 4.87 Å². The molecule has 154 valence electrons. The van der Waals surface area contributed by atoms with E-state index in [1.165, 1.54) is 18.2 Å². The number of benzene rings is 3. The van der Waals surface area contributed by atoms with E-state index in [0.717, 1.165) is 11.3 Å². The van der Waals surface area contributed by atoms with Crippen LogP contribution in [0.5, 0.6) is 11.5 Å². The second-order valence-corrected chi connectivity index (χ2v) is 9.51. The lowest BCUT2D eigenvalue weighted by atomic mass is 10.3. The molecule has 0 saturated heterocycles. The highest BCUT2D eigenvalue weighted by atomic mass is 35.5. The molecule has 0 amide bonds. The Bertz CT molecular complexity index is 1380. The zero-order chi connectivity index (χ0) is 21.3. The lowest BCUT2D eigenvalue weighted by Gasteiger charge is -2.14. The predicted octanol–water partition coefficient (Wildman–Crippen LogP) is 5.33. The molecular weight excluding hydrogens is 444 g/mol. The highest BCUT2D eigenvalue weighted by Gasteiger charge is 2.19. The fourth-order valence-corrected chi connectivity index (χ4v) is 5.33. The van der Waals surface area contributed by atoms with Crippen molar-refractivity contribution in [1.29, 1.82) is 0 Å². The first-order chi connectivity index (χ1) is 14.4. The van der Waals surface area contributed by atoms with Crippen LogP contribution in [0.3, 0.4) is 0 Å². The quantitative estimate of drug-likeness (QED) is 0.422. The number of rotatable bonds is 6. The maximum Gasteiger partial charge on any atom is 0.308 e. The number of halogens is 1. The van der Waals surface area contributed by atoms with Crippen LogP contribution in [0, 0.1) is 0 Å². The first kappa shape index (κ1) is 20.5. The molecule has 30 heavy (non-hydrogen) atoms. The number of ether oxygens (including phenoxy) is 1. The molecule has 1 N–H and O–H groups in total. The van der Waals surface area contributed by atoms with E-state index in [-0.39, 0.29) is 15.5 Å². The number of aryl methyl sites for hydroxylation is 1. The van der Waals surface area contributed by atoms with Crippen LogP contribution in [0.15, 0.2) is 76.4 Å². The van der Waals surface area contributed by atoms with Gasteiger partial charge in [0.25, 0.3) is 10.0 Å². The van der Waals surface area contributed by atoms with E-state index < -0.39 is 10.0 Å². The van der Waals surface area contributed by atoms with Gasteiger partial charge in [0.15, 0.2) is 5.75 Å². The minimum atomic E-state index is -3.94. The average molecular weight is 461 g/mol. The molecule has 6 nitrogen and oxygen atoms in total. The fraction of sp³-hybridized carbons (Fsp3) is 0.0952. The van der Waals surface area contributed by atoms with Crippen LogP contribution in [0.25, 0.3) is 10.2 Å². The van der Waals surface area contributed by atoms with Gasteiger partial charge in [0.1, 0.15) is 5.75 Å². The Morgan fingerprint density at radius 1 is 1.07 bits per heavy atom. The second kappa shape index (κ2) is 8.14. The molecule has 0 saturated carbocycles. The summed E-state index contributed by atoms with van der Waals surface area (Å²) in [6.07, 6.45) is 0. The van der Waals surface area contributed by atoms with E-state index >= 15 is 0 Å². The fourth-order valence-electron chi connectivity index (χ4n) is 3.00. The van der Waals surface area contributed by atoms with Gasteiger partial charge in [0.2, 0.25) is 0 Å². The molecule has 3 aromatic carbocycles. The number of nitrogens with zero attached hydrogens (tertiary/aromatic N) is 1. The highest BCUT2D eigenvalue weighted by molar-refractivity contribution is 7.92. The Labute approximate surface area is 182 Å². The molecular formula is C21H17ClN2O4S2. The van der Waals surface area contributed by atoms with Gasteiger partial charge in [-0.05, 0) is 55.5 Å². The Balaban J connectivity index is 1.70. The van der Waals surface area contributed by atoms with Gasteiger partial charge < -0.3 is 4.74 Å². The summed E-state index contributed by atoms with van der Waals surface area (Å²) in [5.41, 5.74) is 0.924. The van der Waals surface area contributed by atoms with Crippen molar-refractivity contribution in [2.75, 3.05) is 4.72 Å². The van der Waals surface area contributed by atoms with Crippen molar-refractivity contribution in [3.63, 3.8) is 0 Å². The van der Waals surface area contributed by atoms with Gasteiger partial charge in [-0.2, -0.15) is 0 Å². The van der Waals surface area contributed by atoms with E-state index in [2.05, 4.69) is 4.72 Å². The largest absolute Gasteiger partial charge is 0.455 e. The molecule has 0 atom stereocenters. The number of thiazole rings is 1.